The maximum absolute atomic E-state index is 12.8. The number of esters is 1. The molecule has 2 aliphatic rings. The Bertz CT molecular complexity index is 881. The van der Waals surface area contributed by atoms with E-state index in [0.717, 1.165) is 38.5 Å². The van der Waals surface area contributed by atoms with E-state index >= 15 is 0 Å². The number of ether oxygens (including phenoxy) is 6. The van der Waals surface area contributed by atoms with E-state index in [0.29, 0.717) is 13.0 Å². The number of hydrogen-bond acceptors (Lipinski definition) is 14. The second-order valence-electron chi connectivity index (χ2n) is 14.5. The van der Waals surface area contributed by atoms with E-state index in [1.165, 1.54) is 70.6 Å². The van der Waals surface area contributed by atoms with Gasteiger partial charge in [-0.2, -0.15) is 0 Å². The van der Waals surface area contributed by atoms with Crippen molar-refractivity contribution in [1.29, 1.82) is 0 Å². The molecule has 0 aromatic heterocycles. The summed E-state index contributed by atoms with van der Waals surface area (Å²) < 4.78 is 33.9. The number of carbonyl (C=O) groups excluding carboxylic acids is 1. The predicted molar refractivity (Wildman–Crippen MR) is 192 cm³/mol. The van der Waals surface area contributed by atoms with E-state index in [4.69, 9.17) is 28.4 Å². The highest BCUT2D eigenvalue weighted by molar-refractivity contribution is 5.69. The molecule has 0 amide bonds. The van der Waals surface area contributed by atoms with Crippen LogP contribution in [-0.2, 0) is 33.2 Å². The van der Waals surface area contributed by atoms with Crippen molar-refractivity contribution < 1.29 is 69.0 Å². The molecule has 14 heteroatoms. The van der Waals surface area contributed by atoms with Crippen molar-refractivity contribution in [3.05, 3.63) is 0 Å². The highest BCUT2D eigenvalue weighted by Gasteiger charge is 2.47. The van der Waals surface area contributed by atoms with Crippen LogP contribution in [0.5, 0.6) is 0 Å². The molecule has 0 spiro atoms. The van der Waals surface area contributed by atoms with E-state index in [9.17, 15) is 40.5 Å². The Morgan fingerprint density at radius 1 is 0.558 bits per heavy atom. The molecular weight excluding hydrogens is 680 g/mol. The average Bonchev–Trinajstić information content (AvgIpc) is 3.14. The molecule has 11 atom stereocenters. The first kappa shape index (κ1) is 47.1. The van der Waals surface area contributed by atoms with Gasteiger partial charge in [0.05, 0.1) is 26.4 Å². The Morgan fingerprint density at radius 3 is 1.56 bits per heavy atom. The quantitative estimate of drug-likeness (QED) is 0.0415. The molecule has 0 bridgehead atoms. The van der Waals surface area contributed by atoms with Crippen molar-refractivity contribution in [3.63, 3.8) is 0 Å². The molecule has 0 radical (unpaired) electrons. The van der Waals surface area contributed by atoms with Gasteiger partial charge in [0, 0.05) is 13.0 Å². The Hall–Kier alpha value is -1.01. The molecule has 14 nitrogen and oxygen atoms in total. The lowest BCUT2D eigenvalue weighted by molar-refractivity contribution is -0.332. The molecule has 7 N–H and O–H groups in total. The van der Waals surface area contributed by atoms with Crippen molar-refractivity contribution in [2.75, 3.05) is 33.0 Å². The summed E-state index contributed by atoms with van der Waals surface area (Å²) in [6.45, 7) is 3.62. The maximum Gasteiger partial charge on any atom is 0.306 e. The highest BCUT2D eigenvalue weighted by atomic mass is 16.7. The van der Waals surface area contributed by atoms with Gasteiger partial charge in [0.1, 0.15) is 54.9 Å². The van der Waals surface area contributed by atoms with Crippen LogP contribution in [0.4, 0.5) is 0 Å². The van der Waals surface area contributed by atoms with Gasteiger partial charge in [0.2, 0.25) is 0 Å². The summed E-state index contributed by atoms with van der Waals surface area (Å²) in [6.07, 6.45) is 4.89. The summed E-state index contributed by atoms with van der Waals surface area (Å²) >= 11 is 0. The molecule has 2 fully saturated rings. The van der Waals surface area contributed by atoms with Crippen molar-refractivity contribution in [3.8, 4) is 0 Å². The van der Waals surface area contributed by atoms with Crippen LogP contribution in [0.1, 0.15) is 136 Å². The van der Waals surface area contributed by atoms with Crippen LogP contribution >= 0.6 is 0 Å². The number of carbonyl (C=O) groups is 1. The Labute approximate surface area is 311 Å². The van der Waals surface area contributed by atoms with Crippen LogP contribution in [0.15, 0.2) is 0 Å². The fraction of sp³-hybridized carbons (Fsp3) is 0.974. The van der Waals surface area contributed by atoms with Crippen LogP contribution < -0.4 is 0 Å². The van der Waals surface area contributed by atoms with Gasteiger partial charge in [-0.25, -0.2) is 0 Å². The third kappa shape index (κ3) is 18.1. The van der Waals surface area contributed by atoms with Crippen LogP contribution in [-0.4, -0.2) is 142 Å². The standard InChI is InChI=1S/C38H72O14/c1-3-5-7-9-11-12-13-14-15-17-19-21-30(40)50-27(24-47-22-20-18-16-10-8-6-4-2)25-48-37-36(46)34(44)32(42)29(52-37)26-49-38-35(45)33(43)31(41)28(23-39)51-38/h27-29,31-39,41-46H,3-26H2,1-2H3. The zero-order valence-electron chi connectivity index (χ0n) is 31.8. The Balaban J connectivity index is 1.85. The average molecular weight is 753 g/mol. The van der Waals surface area contributed by atoms with E-state index in [-0.39, 0.29) is 25.6 Å². The highest BCUT2D eigenvalue weighted by Crippen LogP contribution is 2.26. The molecule has 2 rings (SSSR count). The number of rotatable bonds is 30. The summed E-state index contributed by atoms with van der Waals surface area (Å²) in [5.41, 5.74) is 0. The van der Waals surface area contributed by atoms with E-state index in [1.54, 1.807) is 0 Å². The molecule has 52 heavy (non-hydrogen) atoms. The normalized spacial score (nSPS) is 30.0. The monoisotopic (exact) mass is 752 g/mol. The first-order valence-electron chi connectivity index (χ1n) is 20.1. The number of hydrogen-bond donors (Lipinski definition) is 7. The van der Waals surface area contributed by atoms with Crippen LogP contribution in [0.25, 0.3) is 0 Å². The molecule has 0 aromatic rings. The number of aliphatic hydroxyl groups excluding tert-OH is 7. The third-order valence-corrected chi connectivity index (χ3v) is 9.87. The molecule has 2 heterocycles. The van der Waals surface area contributed by atoms with E-state index in [1.807, 2.05) is 0 Å². The van der Waals surface area contributed by atoms with Gasteiger partial charge < -0.3 is 64.2 Å². The van der Waals surface area contributed by atoms with Crippen LogP contribution in [0.2, 0.25) is 0 Å². The van der Waals surface area contributed by atoms with Gasteiger partial charge in [-0.1, -0.05) is 117 Å². The van der Waals surface area contributed by atoms with Crippen LogP contribution in [0.3, 0.4) is 0 Å². The molecule has 308 valence electrons. The van der Waals surface area contributed by atoms with Gasteiger partial charge in [-0.05, 0) is 12.8 Å². The predicted octanol–water partition coefficient (Wildman–Crippen LogP) is 3.01. The topological polar surface area (TPSA) is 214 Å². The lowest BCUT2D eigenvalue weighted by atomic mass is 9.98. The molecule has 2 aliphatic heterocycles. The molecule has 0 saturated carbocycles. The van der Waals surface area contributed by atoms with E-state index < -0.39 is 80.7 Å². The molecule has 2 saturated heterocycles. The molecule has 0 aromatic carbocycles. The summed E-state index contributed by atoms with van der Waals surface area (Å²) in [6, 6.07) is 0. The third-order valence-electron chi connectivity index (χ3n) is 9.87. The van der Waals surface area contributed by atoms with Gasteiger partial charge >= 0.3 is 5.97 Å². The van der Waals surface area contributed by atoms with Crippen molar-refractivity contribution >= 4 is 5.97 Å². The lowest BCUT2D eigenvalue weighted by Crippen LogP contribution is -2.61. The zero-order chi connectivity index (χ0) is 38.1. The first-order valence-corrected chi connectivity index (χ1v) is 20.1. The smallest absolute Gasteiger partial charge is 0.306 e. The SMILES string of the molecule is CCCCCCCCCCCCCC(=O)OC(COCCCCCCCCC)COC1OC(COC2OC(CO)C(O)C(O)C2O)C(O)C(O)C1O. The second kappa shape index (κ2) is 28.4. The minimum atomic E-state index is -1.70. The summed E-state index contributed by atoms with van der Waals surface area (Å²) in [5.74, 6) is -0.379. The largest absolute Gasteiger partial charge is 0.457 e. The summed E-state index contributed by atoms with van der Waals surface area (Å²) in [5, 5.41) is 71.5. The Kier molecular flexibility index (Phi) is 25.8. The van der Waals surface area contributed by atoms with Gasteiger partial charge in [0.15, 0.2) is 12.6 Å². The first-order chi connectivity index (χ1) is 25.1. The number of unbranched alkanes of at least 4 members (excludes halogenated alkanes) is 16. The zero-order valence-corrected chi connectivity index (χ0v) is 31.8. The Morgan fingerprint density at radius 2 is 1.02 bits per heavy atom. The van der Waals surface area contributed by atoms with Gasteiger partial charge in [0.25, 0.3) is 0 Å². The van der Waals surface area contributed by atoms with Crippen molar-refractivity contribution in [2.24, 2.45) is 0 Å². The van der Waals surface area contributed by atoms with Crippen molar-refractivity contribution in [2.45, 2.75) is 203 Å². The fourth-order valence-electron chi connectivity index (χ4n) is 6.46. The van der Waals surface area contributed by atoms with Crippen molar-refractivity contribution in [1.82, 2.24) is 0 Å². The molecule has 0 aliphatic carbocycles. The van der Waals surface area contributed by atoms with Gasteiger partial charge in [-0.3, -0.25) is 4.79 Å². The van der Waals surface area contributed by atoms with Crippen LogP contribution in [0, 0.1) is 0 Å². The fourth-order valence-corrected chi connectivity index (χ4v) is 6.46. The minimum absolute atomic E-state index is 0.0669. The lowest BCUT2D eigenvalue weighted by Gasteiger charge is -2.42. The second-order valence-corrected chi connectivity index (χ2v) is 14.5. The minimum Gasteiger partial charge on any atom is -0.457 e. The summed E-state index contributed by atoms with van der Waals surface area (Å²) in [7, 11) is 0. The summed E-state index contributed by atoms with van der Waals surface area (Å²) in [4.78, 5) is 12.8. The van der Waals surface area contributed by atoms with Gasteiger partial charge in [-0.15, -0.1) is 0 Å². The number of aliphatic hydroxyl groups is 7. The molecule has 11 unspecified atom stereocenters. The molecular formula is C38H72O14. The van der Waals surface area contributed by atoms with E-state index in [2.05, 4.69) is 13.8 Å². The maximum atomic E-state index is 12.8.